The van der Waals surface area contributed by atoms with E-state index < -0.39 is 0 Å². The molecule has 0 aliphatic carbocycles. The molecule has 0 radical (unpaired) electrons. The molecule has 2 heterocycles. The second-order valence-electron chi connectivity index (χ2n) is 4.96. The Morgan fingerprint density at radius 1 is 1.19 bits per heavy atom. The predicted octanol–water partition coefficient (Wildman–Crippen LogP) is 5.06. The van der Waals surface area contributed by atoms with Gasteiger partial charge in [0, 0.05) is 11.9 Å². The first-order valence-corrected chi connectivity index (χ1v) is 8.12. The zero-order chi connectivity index (χ0) is 15.0. The van der Waals surface area contributed by atoms with Crippen molar-refractivity contribution in [1.82, 2.24) is 9.97 Å². The molecular weight excluding hydrogens is 302 g/mol. The number of anilines is 1. The average Bonchev–Trinajstić information content (AvgIpc) is 2.79. The van der Waals surface area contributed by atoms with Gasteiger partial charge in [-0.05, 0) is 43.3 Å². The molecule has 0 spiro atoms. The van der Waals surface area contributed by atoms with Crippen LogP contribution in [0.1, 0.15) is 18.1 Å². The molecule has 3 nitrogen and oxygen atoms in total. The van der Waals surface area contributed by atoms with E-state index in [1.165, 1.54) is 5.56 Å². The molecule has 0 aliphatic rings. The van der Waals surface area contributed by atoms with Gasteiger partial charge in [-0.25, -0.2) is 9.97 Å². The Morgan fingerprint density at radius 3 is 2.67 bits per heavy atom. The molecule has 0 bridgehead atoms. The molecule has 21 heavy (non-hydrogen) atoms. The van der Waals surface area contributed by atoms with Crippen LogP contribution in [0.3, 0.4) is 0 Å². The number of aryl methyl sites for hydroxylation is 2. The number of halogens is 1. The topological polar surface area (TPSA) is 37.8 Å². The minimum atomic E-state index is 0.687. The van der Waals surface area contributed by atoms with Crippen LogP contribution in [0.4, 0.5) is 5.82 Å². The summed E-state index contributed by atoms with van der Waals surface area (Å²) in [5, 5.41) is 7.20. The van der Waals surface area contributed by atoms with Gasteiger partial charge >= 0.3 is 0 Å². The first-order chi connectivity index (χ1) is 10.1. The first kappa shape index (κ1) is 14.3. The number of nitrogens with one attached hydrogen (secondary N) is 1. The highest BCUT2D eigenvalue weighted by molar-refractivity contribution is 7.14. The first-order valence-electron chi connectivity index (χ1n) is 6.87. The number of rotatable bonds is 3. The second-order valence-corrected chi connectivity index (χ2v) is 6.21. The monoisotopic (exact) mass is 317 g/mol. The summed E-state index contributed by atoms with van der Waals surface area (Å²) in [7, 11) is 0. The maximum absolute atomic E-state index is 6.37. The zero-order valence-corrected chi connectivity index (χ0v) is 13.8. The van der Waals surface area contributed by atoms with E-state index in [0.717, 1.165) is 38.7 Å². The largest absolute Gasteiger partial charge is 0.370 e. The van der Waals surface area contributed by atoms with Crippen molar-refractivity contribution in [3.8, 4) is 10.7 Å². The smallest absolute Gasteiger partial charge is 0.173 e. The lowest BCUT2D eigenvalue weighted by Crippen LogP contribution is -2.03. The van der Waals surface area contributed by atoms with E-state index >= 15 is 0 Å². The van der Waals surface area contributed by atoms with Crippen molar-refractivity contribution >= 4 is 39.7 Å². The molecule has 0 saturated carbocycles. The number of benzene rings is 1. The Kier molecular flexibility index (Phi) is 3.83. The molecule has 1 aromatic carbocycles. The fourth-order valence-corrected chi connectivity index (χ4v) is 3.54. The van der Waals surface area contributed by atoms with Crippen LogP contribution in [-0.2, 0) is 0 Å². The molecule has 1 N–H and O–H groups in total. The fraction of sp³-hybridized carbons (Fsp3) is 0.250. The van der Waals surface area contributed by atoms with Crippen LogP contribution in [0.15, 0.2) is 23.6 Å². The van der Waals surface area contributed by atoms with E-state index in [0.29, 0.717) is 5.82 Å². The fourth-order valence-electron chi connectivity index (χ4n) is 2.33. The van der Waals surface area contributed by atoms with E-state index in [2.05, 4.69) is 25.2 Å². The van der Waals surface area contributed by atoms with Crippen molar-refractivity contribution in [3.05, 3.63) is 39.7 Å². The summed E-state index contributed by atoms with van der Waals surface area (Å²) in [5.74, 6) is 1.56. The summed E-state index contributed by atoms with van der Waals surface area (Å²) >= 11 is 7.95. The molecule has 108 valence electrons. The number of hydrogen-bond donors (Lipinski definition) is 1. The SMILES string of the molecule is CCNc1nc(-c2scc(C)c2Cl)nc2cccc(C)c12. The van der Waals surface area contributed by atoms with Crippen molar-refractivity contribution < 1.29 is 0 Å². The van der Waals surface area contributed by atoms with Crippen LogP contribution >= 0.6 is 22.9 Å². The van der Waals surface area contributed by atoms with Gasteiger partial charge in [0.05, 0.1) is 15.4 Å². The third-order valence-corrected chi connectivity index (χ3v) is 5.07. The Hall–Kier alpha value is -1.65. The summed E-state index contributed by atoms with van der Waals surface area (Å²) in [5.41, 5.74) is 3.18. The van der Waals surface area contributed by atoms with Crippen LogP contribution in [0, 0.1) is 13.8 Å². The number of aromatic nitrogens is 2. The van der Waals surface area contributed by atoms with E-state index in [1.807, 2.05) is 24.4 Å². The Bertz CT molecular complexity index is 811. The minimum absolute atomic E-state index is 0.687. The molecule has 2 aromatic heterocycles. The van der Waals surface area contributed by atoms with Crippen molar-refractivity contribution in [2.75, 3.05) is 11.9 Å². The van der Waals surface area contributed by atoms with Crippen molar-refractivity contribution in [2.45, 2.75) is 20.8 Å². The highest BCUT2D eigenvalue weighted by Gasteiger charge is 2.15. The van der Waals surface area contributed by atoms with Crippen molar-refractivity contribution in [3.63, 3.8) is 0 Å². The van der Waals surface area contributed by atoms with Crippen LogP contribution < -0.4 is 5.32 Å². The van der Waals surface area contributed by atoms with Gasteiger partial charge in [-0.1, -0.05) is 23.7 Å². The molecule has 0 fully saturated rings. The molecule has 0 saturated heterocycles. The van der Waals surface area contributed by atoms with Crippen LogP contribution in [0.5, 0.6) is 0 Å². The number of hydrogen-bond acceptors (Lipinski definition) is 4. The van der Waals surface area contributed by atoms with Gasteiger partial charge in [-0.2, -0.15) is 0 Å². The summed E-state index contributed by atoms with van der Waals surface area (Å²) in [6, 6.07) is 6.11. The molecule has 0 unspecified atom stereocenters. The molecule has 5 heteroatoms. The van der Waals surface area contributed by atoms with Crippen molar-refractivity contribution in [1.29, 1.82) is 0 Å². The standard InChI is InChI=1S/C16H16ClN3S/c1-4-18-15-12-9(2)6-5-7-11(12)19-16(20-15)14-13(17)10(3)8-21-14/h5-8H,4H2,1-3H3,(H,18,19,20). The van der Waals surface area contributed by atoms with Gasteiger partial charge in [-0.15, -0.1) is 11.3 Å². The molecule has 0 aliphatic heterocycles. The summed E-state index contributed by atoms with van der Waals surface area (Å²) < 4.78 is 0. The van der Waals surface area contributed by atoms with Crippen LogP contribution in [0.2, 0.25) is 5.02 Å². The summed E-state index contributed by atoms with van der Waals surface area (Å²) in [6.07, 6.45) is 0. The van der Waals surface area contributed by atoms with E-state index in [-0.39, 0.29) is 0 Å². The number of fused-ring (bicyclic) bond motifs is 1. The normalized spacial score (nSPS) is 11.0. The molecular formula is C16H16ClN3S. The van der Waals surface area contributed by atoms with Crippen molar-refractivity contribution in [2.24, 2.45) is 0 Å². The lowest BCUT2D eigenvalue weighted by Gasteiger charge is -2.11. The van der Waals surface area contributed by atoms with E-state index in [9.17, 15) is 0 Å². The van der Waals surface area contributed by atoms with Crippen LogP contribution in [-0.4, -0.2) is 16.5 Å². The summed E-state index contributed by atoms with van der Waals surface area (Å²) in [4.78, 5) is 10.3. The Morgan fingerprint density at radius 2 is 2.00 bits per heavy atom. The van der Waals surface area contributed by atoms with Gasteiger partial charge in [0.15, 0.2) is 5.82 Å². The maximum Gasteiger partial charge on any atom is 0.173 e. The van der Waals surface area contributed by atoms with Gasteiger partial charge in [-0.3, -0.25) is 0 Å². The van der Waals surface area contributed by atoms with Gasteiger partial charge in [0.1, 0.15) is 5.82 Å². The summed E-state index contributed by atoms with van der Waals surface area (Å²) in [6.45, 7) is 6.96. The van der Waals surface area contributed by atoms with Gasteiger partial charge < -0.3 is 5.32 Å². The predicted molar refractivity (Wildman–Crippen MR) is 91.5 cm³/mol. The molecule has 3 aromatic rings. The maximum atomic E-state index is 6.37. The highest BCUT2D eigenvalue weighted by atomic mass is 35.5. The second kappa shape index (κ2) is 5.62. The Balaban J connectivity index is 2.28. The molecule has 0 atom stereocenters. The quantitative estimate of drug-likeness (QED) is 0.733. The number of thiophene rings is 1. The average molecular weight is 318 g/mol. The molecule has 3 rings (SSSR count). The third kappa shape index (κ3) is 2.49. The lowest BCUT2D eigenvalue weighted by molar-refractivity contribution is 1.15. The highest BCUT2D eigenvalue weighted by Crippen LogP contribution is 2.36. The third-order valence-electron chi connectivity index (χ3n) is 3.38. The molecule has 0 amide bonds. The van der Waals surface area contributed by atoms with Gasteiger partial charge in [0.2, 0.25) is 0 Å². The Labute approximate surface area is 133 Å². The number of nitrogens with zero attached hydrogens (tertiary/aromatic N) is 2. The van der Waals surface area contributed by atoms with Gasteiger partial charge in [0.25, 0.3) is 0 Å². The lowest BCUT2D eigenvalue weighted by atomic mass is 10.1. The minimum Gasteiger partial charge on any atom is -0.370 e. The zero-order valence-electron chi connectivity index (χ0n) is 12.2. The van der Waals surface area contributed by atoms with Crippen LogP contribution in [0.25, 0.3) is 21.6 Å². The van der Waals surface area contributed by atoms with E-state index in [4.69, 9.17) is 21.6 Å². The van der Waals surface area contributed by atoms with E-state index in [1.54, 1.807) is 11.3 Å².